The van der Waals surface area contributed by atoms with Gasteiger partial charge < -0.3 is 9.84 Å². The Hall–Kier alpha value is -2.86. The first-order chi connectivity index (χ1) is 11.2. The molecule has 0 fully saturated rings. The lowest BCUT2D eigenvalue weighted by Crippen LogP contribution is -2.11. The largest absolute Gasteiger partial charge is 0.365 e. The van der Waals surface area contributed by atoms with E-state index in [4.69, 9.17) is 4.52 Å². The lowest BCUT2D eigenvalue weighted by molar-refractivity contribution is 0.240. The van der Waals surface area contributed by atoms with Gasteiger partial charge in [-0.25, -0.2) is 9.48 Å². The molecule has 0 saturated heterocycles. The molecule has 6 heteroatoms. The molecule has 3 aromatic rings. The molecule has 120 valence electrons. The maximum Gasteiger partial charge on any atom is 0.365 e. The monoisotopic (exact) mass is 312 g/mol. The molecule has 0 aliphatic carbocycles. The van der Waals surface area contributed by atoms with E-state index < -0.39 is 0 Å². The summed E-state index contributed by atoms with van der Waals surface area (Å²) < 4.78 is 8.33. The fraction of sp³-hybridized carbons (Fsp3) is 0.176. The van der Waals surface area contributed by atoms with Crippen molar-refractivity contribution in [3.63, 3.8) is 0 Å². The molecule has 6 nitrogen and oxygen atoms in total. The van der Waals surface area contributed by atoms with E-state index in [1.54, 1.807) is 30.2 Å². The summed E-state index contributed by atoms with van der Waals surface area (Å²) in [5.74, 6) is 0. The van der Waals surface area contributed by atoms with E-state index in [9.17, 15) is 4.79 Å². The number of benzene rings is 1. The quantitative estimate of drug-likeness (QED) is 0.752. The highest BCUT2D eigenvalue weighted by atomic mass is 16.5. The second kappa shape index (κ2) is 7.95. The van der Waals surface area contributed by atoms with Gasteiger partial charge in [0.15, 0.2) is 0 Å². The van der Waals surface area contributed by atoms with E-state index in [0.29, 0.717) is 12.2 Å². The average molecular weight is 312 g/mol. The molecular weight excluding hydrogens is 292 g/mol. The van der Waals surface area contributed by atoms with Crippen LogP contribution in [0.4, 0.5) is 0 Å². The number of hydrogen-bond acceptors (Lipinski definition) is 4. The van der Waals surface area contributed by atoms with Gasteiger partial charge in [-0.3, -0.25) is 0 Å². The van der Waals surface area contributed by atoms with Gasteiger partial charge in [-0.2, -0.15) is 9.84 Å². The van der Waals surface area contributed by atoms with Crippen LogP contribution in [-0.2, 0) is 6.67 Å². The van der Waals surface area contributed by atoms with Crippen molar-refractivity contribution in [1.82, 2.24) is 19.8 Å². The Kier molecular flexibility index (Phi) is 5.71. The summed E-state index contributed by atoms with van der Waals surface area (Å²) >= 11 is 0. The second-order valence-corrected chi connectivity index (χ2v) is 4.76. The molecule has 2 aromatic heterocycles. The van der Waals surface area contributed by atoms with E-state index in [1.165, 1.54) is 4.74 Å². The number of rotatable bonds is 4. The molecule has 0 aliphatic heterocycles. The Morgan fingerprint density at radius 1 is 1.35 bits per heavy atom. The van der Waals surface area contributed by atoms with Crippen LogP contribution in [-0.4, -0.2) is 21.6 Å². The van der Waals surface area contributed by atoms with Gasteiger partial charge in [0, 0.05) is 12.4 Å². The van der Waals surface area contributed by atoms with Gasteiger partial charge in [0.25, 0.3) is 0 Å². The first-order valence-corrected chi connectivity index (χ1v) is 7.22. The maximum atomic E-state index is 11.8. The minimum Gasteiger partial charge on any atom is -0.335 e. The van der Waals surface area contributed by atoms with Crippen LogP contribution < -0.4 is 10.9 Å². The Morgan fingerprint density at radius 3 is 2.61 bits per heavy atom. The molecule has 1 aromatic carbocycles. The van der Waals surface area contributed by atoms with Gasteiger partial charge in [-0.05, 0) is 37.7 Å². The molecule has 1 N–H and O–H groups in total. The first-order valence-electron chi connectivity index (χ1n) is 7.22. The molecular formula is C17H20N4O2. The SMILES string of the molecule is C=CC.CNCn1cc(-c2ccc(-n3cccn3)cc2)c(=O)o1. The molecule has 0 bridgehead atoms. The molecule has 2 heterocycles. The molecule has 0 amide bonds. The Labute approximate surface area is 134 Å². The van der Waals surface area contributed by atoms with Crippen LogP contribution >= 0.6 is 0 Å². The Bertz CT molecular complexity index is 783. The molecule has 3 rings (SSSR count). The van der Waals surface area contributed by atoms with Crippen LogP contribution in [0.5, 0.6) is 0 Å². The van der Waals surface area contributed by atoms with Gasteiger partial charge in [0.2, 0.25) is 0 Å². The summed E-state index contributed by atoms with van der Waals surface area (Å²) in [5.41, 5.74) is 1.97. The van der Waals surface area contributed by atoms with Crippen LogP contribution in [0.15, 0.2) is 70.9 Å². The van der Waals surface area contributed by atoms with Crippen LogP contribution in [0.2, 0.25) is 0 Å². The highest BCUT2D eigenvalue weighted by molar-refractivity contribution is 5.62. The minimum absolute atomic E-state index is 0.341. The van der Waals surface area contributed by atoms with Crippen molar-refractivity contribution < 1.29 is 4.52 Å². The van der Waals surface area contributed by atoms with Crippen molar-refractivity contribution in [1.29, 1.82) is 0 Å². The Morgan fingerprint density at radius 2 is 2.04 bits per heavy atom. The third kappa shape index (κ3) is 4.08. The van der Waals surface area contributed by atoms with Crippen molar-refractivity contribution in [3.8, 4) is 16.8 Å². The number of allylic oxidation sites excluding steroid dienone is 1. The first kappa shape index (κ1) is 16.5. The topological polar surface area (TPSA) is 65.0 Å². The standard InChI is InChI=1S/C14H14N4O2.C3H6/c1-15-10-17-9-13(14(19)20-17)11-3-5-12(6-4-11)18-8-2-7-16-18;1-3-2/h2-9,15H,10H2,1H3;3H,1H2,2H3. The van der Waals surface area contributed by atoms with Gasteiger partial charge in [-0.1, -0.05) is 18.2 Å². The number of aromatic nitrogens is 3. The number of hydrogen-bond donors (Lipinski definition) is 1. The van der Waals surface area contributed by atoms with Gasteiger partial charge in [-0.15, -0.1) is 6.58 Å². The van der Waals surface area contributed by atoms with E-state index in [0.717, 1.165) is 11.3 Å². The van der Waals surface area contributed by atoms with Crippen molar-refractivity contribution in [2.24, 2.45) is 0 Å². The van der Waals surface area contributed by atoms with E-state index >= 15 is 0 Å². The van der Waals surface area contributed by atoms with Crippen LogP contribution in [0, 0.1) is 0 Å². The highest BCUT2D eigenvalue weighted by Crippen LogP contribution is 2.18. The van der Waals surface area contributed by atoms with Crippen LogP contribution in [0.25, 0.3) is 16.8 Å². The van der Waals surface area contributed by atoms with E-state index in [-0.39, 0.29) is 5.63 Å². The fourth-order valence-corrected chi connectivity index (χ4v) is 2.02. The lowest BCUT2D eigenvalue weighted by atomic mass is 10.1. The summed E-state index contributed by atoms with van der Waals surface area (Å²) in [6, 6.07) is 9.45. The molecule has 0 saturated carbocycles. The highest BCUT2D eigenvalue weighted by Gasteiger charge is 2.09. The second-order valence-electron chi connectivity index (χ2n) is 4.76. The number of nitrogens with zero attached hydrogens (tertiary/aromatic N) is 3. The lowest BCUT2D eigenvalue weighted by Gasteiger charge is -2.02. The third-order valence-electron chi connectivity index (χ3n) is 2.95. The van der Waals surface area contributed by atoms with Gasteiger partial charge in [0.1, 0.15) is 6.67 Å². The summed E-state index contributed by atoms with van der Waals surface area (Å²) in [6.45, 7) is 5.71. The number of nitrogens with one attached hydrogen (secondary N) is 1. The van der Waals surface area contributed by atoms with Crippen molar-refractivity contribution in [3.05, 3.63) is 72.0 Å². The normalized spacial score (nSPS) is 10.0. The zero-order valence-corrected chi connectivity index (χ0v) is 13.3. The van der Waals surface area contributed by atoms with Gasteiger partial charge in [0.05, 0.1) is 17.4 Å². The molecule has 0 spiro atoms. The zero-order valence-electron chi connectivity index (χ0n) is 13.3. The molecule has 0 unspecified atom stereocenters. The fourth-order valence-electron chi connectivity index (χ4n) is 2.02. The van der Waals surface area contributed by atoms with Crippen LogP contribution in [0.3, 0.4) is 0 Å². The predicted octanol–water partition coefficient (Wildman–Crippen LogP) is 2.66. The minimum atomic E-state index is -0.341. The van der Waals surface area contributed by atoms with Gasteiger partial charge >= 0.3 is 5.63 Å². The smallest absolute Gasteiger partial charge is 0.335 e. The summed E-state index contributed by atoms with van der Waals surface area (Å²) in [4.78, 5) is 11.8. The van der Waals surface area contributed by atoms with Crippen molar-refractivity contribution in [2.75, 3.05) is 7.05 Å². The molecule has 0 atom stereocenters. The summed E-state index contributed by atoms with van der Waals surface area (Å²) in [6.07, 6.45) is 7.04. The van der Waals surface area contributed by atoms with E-state index in [1.807, 2.05) is 43.5 Å². The molecule has 0 aliphatic rings. The van der Waals surface area contributed by atoms with E-state index in [2.05, 4.69) is 17.0 Å². The molecule has 23 heavy (non-hydrogen) atoms. The molecule has 0 radical (unpaired) electrons. The maximum absolute atomic E-state index is 11.8. The Balaban J connectivity index is 0.000000595. The third-order valence-corrected chi connectivity index (χ3v) is 2.95. The van der Waals surface area contributed by atoms with Crippen molar-refractivity contribution >= 4 is 0 Å². The van der Waals surface area contributed by atoms with Crippen LogP contribution in [0.1, 0.15) is 6.92 Å². The predicted molar refractivity (Wildman–Crippen MR) is 90.5 cm³/mol. The average Bonchev–Trinajstić information content (AvgIpc) is 3.19. The summed E-state index contributed by atoms with van der Waals surface area (Å²) in [7, 11) is 1.79. The van der Waals surface area contributed by atoms with Crippen molar-refractivity contribution in [2.45, 2.75) is 13.6 Å². The summed E-state index contributed by atoms with van der Waals surface area (Å²) in [5, 5.41) is 7.08. The zero-order chi connectivity index (χ0) is 16.7.